The number of carbonyl (C=O) groups is 1. The van der Waals surface area contributed by atoms with E-state index in [1.165, 1.54) is 5.69 Å². The van der Waals surface area contributed by atoms with Crippen molar-refractivity contribution in [1.29, 1.82) is 0 Å². The number of nitrogens with zero attached hydrogens (tertiary/aromatic N) is 5. The van der Waals surface area contributed by atoms with Crippen LogP contribution in [0.5, 0.6) is 0 Å². The molecule has 6 heteroatoms. The number of likely N-dealkylation sites (tertiary alicyclic amines) is 1. The fraction of sp³-hybridized carbons (Fsp3) is 0.583. The molecule has 2 aliphatic heterocycles. The maximum Gasteiger partial charge on any atom is 0.226 e. The van der Waals surface area contributed by atoms with E-state index in [0.29, 0.717) is 5.91 Å². The van der Waals surface area contributed by atoms with Gasteiger partial charge in [0.1, 0.15) is 0 Å². The predicted octanol–water partition coefficient (Wildman–Crippen LogP) is 2.64. The van der Waals surface area contributed by atoms with Crippen molar-refractivity contribution >= 4 is 5.91 Å². The Morgan fingerprint density at radius 1 is 1.10 bits per heavy atom. The van der Waals surface area contributed by atoms with E-state index in [9.17, 15) is 4.79 Å². The summed E-state index contributed by atoms with van der Waals surface area (Å²) in [6.07, 6.45) is 10.4. The quantitative estimate of drug-likeness (QED) is 0.782. The van der Waals surface area contributed by atoms with Gasteiger partial charge in [-0.25, -0.2) is 0 Å². The van der Waals surface area contributed by atoms with E-state index in [0.717, 1.165) is 77.2 Å². The van der Waals surface area contributed by atoms with Crippen LogP contribution in [0.25, 0.3) is 5.69 Å². The first kappa shape index (κ1) is 19.8. The fourth-order valence-electron chi connectivity index (χ4n) is 5.42. The van der Waals surface area contributed by atoms with Crippen LogP contribution in [0.1, 0.15) is 31.4 Å². The van der Waals surface area contributed by atoms with Crippen LogP contribution in [0.15, 0.2) is 42.9 Å². The lowest BCUT2D eigenvalue weighted by atomic mass is 9.90. The molecule has 3 aliphatic rings. The maximum absolute atomic E-state index is 13.1. The molecule has 4 heterocycles. The standard InChI is InChI=1S/C24H33N5O/c1-26-10-4-11-28(16-15-26)23(30)22-17-24(22)7-13-27(14-8-24)19-21-6-3-12-29(21)20-5-2-9-25-18-20/h2-3,5-6,9,12,18,22H,4,7-8,10-11,13-17,19H2,1H3. The van der Waals surface area contributed by atoms with Crippen molar-refractivity contribution in [2.75, 3.05) is 46.3 Å². The lowest BCUT2D eigenvalue weighted by Crippen LogP contribution is -2.39. The molecule has 6 nitrogen and oxygen atoms in total. The van der Waals surface area contributed by atoms with Crippen LogP contribution in [0, 0.1) is 11.3 Å². The molecule has 0 radical (unpaired) electrons. The van der Waals surface area contributed by atoms with E-state index in [4.69, 9.17) is 0 Å². The second-order valence-corrected chi connectivity index (χ2v) is 9.46. The summed E-state index contributed by atoms with van der Waals surface area (Å²) in [5.74, 6) is 0.714. The van der Waals surface area contributed by atoms with Gasteiger partial charge in [-0.2, -0.15) is 0 Å². The highest BCUT2D eigenvalue weighted by Gasteiger charge is 2.59. The molecule has 0 bridgehead atoms. The predicted molar refractivity (Wildman–Crippen MR) is 117 cm³/mol. The van der Waals surface area contributed by atoms with Gasteiger partial charge in [0.15, 0.2) is 0 Å². The van der Waals surface area contributed by atoms with Gasteiger partial charge in [0.05, 0.1) is 11.9 Å². The largest absolute Gasteiger partial charge is 0.341 e. The molecule has 0 aromatic carbocycles. The second-order valence-electron chi connectivity index (χ2n) is 9.46. The topological polar surface area (TPSA) is 44.6 Å². The molecule has 1 spiro atoms. The first-order chi connectivity index (χ1) is 14.6. The molecule has 2 saturated heterocycles. The molecule has 160 valence electrons. The van der Waals surface area contributed by atoms with Crippen molar-refractivity contribution in [3.63, 3.8) is 0 Å². The maximum atomic E-state index is 13.1. The minimum absolute atomic E-state index is 0.280. The van der Waals surface area contributed by atoms with Crippen molar-refractivity contribution < 1.29 is 4.79 Å². The Balaban J connectivity index is 1.16. The van der Waals surface area contributed by atoms with Crippen molar-refractivity contribution in [3.8, 4) is 5.69 Å². The number of likely N-dealkylation sites (N-methyl/N-ethyl adjacent to an activating group) is 1. The first-order valence-electron chi connectivity index (χ1n) is 11.4. The number of pyridine rings is 1. The Labute approximate surface area is 179 Å². The third-order valence-electron chi connectivity index (χ3n) is 7.51. The normalized spacial score (nSPS) is 24.7. The zero-order valence-corrected chi connectivity index (χ0v) is 18.0. The lowest BCUT2D eigenvalue weighted by Gasteiger charge is -2.33. The molecule has 1 saturated carbocycles. The van der Waals surface area contributed by atoms with Gasteiger partial charge in [-0.3, -0.25) is 14.7 Å². The molecular weight excluding hydrogens is 374 g/mol. The highest BCUT2D eigenvalue weighted by Crippen LogP contribution is 2.60. The number of hydrogen-bond donors (Lipinski definition) is 0. The Hall–Kier alpha value is -2.18. The van der Waals surface area contributed by atoms with E-state index in [1.54, 1.807) is 0 Å². The summed E-state index contributed by atoms with van der Waals surface area (Å²) in [6, 6.07) is 8.40. The molecule has 2 aromatic rings. The van der Waals surface area contributed by atoms with Gasteiger partial charge in [0.25, 0.3) is 0 Å². The van der Waals surface area contributed by atoms with Gasteiger partial charge >= 0.3 is 0 Å². The molecule has 1 aliphatic carbocycles. The Bertz CT molecular complexity index is 871. The van der Waals surface area contributed by atoms with Gasteiger partial charge in [0.2, 0.25) is 5.91 Å². The number of carbonyl (C=O) groups excluding carboxylic acids is 1. The van der Waals surface area contributed by atoms with Crippen LogP contribution in [0.3, 0.4) is 0 Å². The zero-order chi connectivity index (χ0) is 20.6. The van der Waals surface area contributed by atoms with Crippen LogP contribution in [0.4, 0.5) is 0 Å². The summed E-state index contributed by atoms with van der Waals surface area (Å²) in [5, 5.41) is 0. The van der Waals surface area contributed by atoms with Crippen LogP contribution < -0.4 is 0 Å². The lowest BCUT2D eigenvalue weighted by molar-refractivity contribution is -0.133. The van der Waals surface area contributed by atoms with Gasteiger partial charge < -0.3 is 14.4 Å². The molecular formula is C24H33N5O. The third-order valence-corrected chi connectivity index (χ3v) is 7.51. The van der Waals surface area contributed by atoms with Crippen LogP contribution in [-0.4, -0.2) is 76.5 Å². The molecule has 1 unspecified atom stereocenters. The minimum atomic E-state index is 0.280. The number of piperidine rings is 1. The highest BCUT2D eigenvalue weighted by atomic mass is 16.2. The molecule has 0 N–H and O–H groups in total. The van der Waals surface area contributed by atoms with E-state index in [1.807, 2.05) is 18.5 Å². The van der Waals surface area contributed by atoms with Crippen molar-refractivity contribution in [1.82, 2.24) is 24.3 Å². The molecule has 5 rings (SSSR count). The molecule has 2 aromatic heterocycles. The number of amides is 1. The van der Waals surface area contributed by atoms with Crippen molar-refractivity contribution in [2.24, 2.45) is 11.3 Å². The summed E-state index contributed by atoms with van der Waals surface area (Å²) in [4.78, 5) is 24.4. The Morgan fingerprint density at radius 2 is 1.97 bits per heavy atom. The molecule has 30 heavy (non-hydrogen) atoms. The van der Waals surface area contributed by atoms with Gasteiger partial charge in [-0.05, 0) is 82.0 Å². The smallest absolute Gasteiger partial charge is 0.226 e. The average molecular weight is 408 g/mol. The third kappa shape index (κ3) is 3.91. The zero-order valence-electron chi connectivity index (χ0n) is 18.0. The molecule has 1 atom stereocenters. The summed E-state index contributed by atoms with van der Waals surface area (Å²) >= 11 is 0. The van der Waals surface area contributed by atoms with Gasteiger partial charge in [-0.15, -0.1) is 0 Å². The fourth-order valence-corrected chi connectivity index (χ4v) is 5.42. The Kier molecular flexibility index (Phi) is 5.37. The summed E-state index contributed by atoms with van der Waals surface area (Å²) in [7, 11) is 2.16. The number of rotatable bonds is 4. The van der Waals surface area contributed by atoms with Gasteiger partial charge in [-0.1, -0.05) is 0 Å². The first-order valence-corrected chi connectivity index (χ1v) is 11.4. The highest BCUT2D eigenvalue weighted by molar-refractivity contribution is 5.82. The average Bonchev–Trinajstić information content (AvgIpc) is 3.36. The van der Waals surface area contributed by atoms with E-state index in [2.05, 4.69) is 55.7 Å². The molecule has 3 fully saturated rings. The van der Waals surface area contributed by atoms with Crippen molar-refractivity contribution in [2.45, 2.75) is 32.2 Å². The van der Waals surface area contributed by atoms with Gasteiger partial charge in [0, 0.05) is 50.2 Å². The van der Waals surface area contributed by atoms with Crippen LogP contribution in [-0.2, 0) is 11.3 Å². The van der Waals surface area contributed by atoms with E-state index < -0.39 is 0 Å². The summed E-state index contributed by atoms with van der Waals surface area (Å²) in [5.41, 5.74) is 2.70. The summed E-state index contributed by atoms with van der Waals surface area (Å²) in [6.45, 7) is 7.09. The van der Waals surface area contributed by atoms with Crippen LogP contribution in [0.2, 0.25) is 0 Å². The number of aromatic nitrogens is 2. The van der Waals surface area contributed by atoms with E-state index >= 15 is 0 Å². The second kappa shape index (κ2) is 8.16. The van der Waals surface area contributed by atoms with E-state index in [-0.39, 0.29) is 11.3 Å². The van der Waals surface area contributed by atoms with Crippen LogP contribution >= 0.6 is 0 Å². The SMILES string of the molecule is CN1CCCN(C(=O)C2CC23CCN(Cc2cccn2-c2cccnc2)CC3)CC1. The monoisotopic (exact) mass is 407 g/mol. The number of hydrogen-bond acceptors (Lipinski definition) is 4. The Morgan fingerprint density at radius 3 is 2.77 bits per heavy atom. The minimum Gasteiger partial charge on any atom is -0.341 e. The van der Waals surface area contributed by atoms with Crippen molar-refractivity contribution in [3.05, 3.63) is 48.5 Å². The summed E-state index contributed by atoms with van der Waals surface area (Å²) < 4.78 is 2.23. The molecule has 1 amide bonds.